The maximum absolute atomic E-state index is 11.7. The molecule has 0 aliphatic carbocycles. The first-order valence-electron chi connectivity index (χ1n) is 7.88. The maximum Gasteiger partial charge on any atom is 0.229 e. The summed E-state index contributed by atoms with van der Waals surface area (Å²) in [5, 5.41) is 6.31. The highest BCUT2D eigenvalue weighted by Crippen LogP contribution is 2.11. The molecule has 2 amide bonds. The van der Waals surface area contributed by atoms with Gasteiger partial charge in [0.25, 0.3) is 0 Å². The number of hydrogen-bond donors (Lipinski definition) is 2. The first-order valence-corrected chi connectivity index (χ1v) is 7.88. The molecule has 2 heterocycles. The number of nitrogens with zero attached hydrogens (tertiary/aromatic N) is 3. The standard InChI is InChI=1S/C16H23N5O2/c1-17-16(19-10-8-13-5-2-3-9-18-13)20-11-12-21-14(22)6-4-7-15(21)23/h2-3,5,9H,4,6-8,10-12H2,1H3,(H2,17,19,20). The fourth-order valence-corrected chi connectivity index (χ4v) is 2.41. The Morgan fingerprint density at radius 1 is 1.22 bits per heavy atom. The predicted molar refractivity (Wildman–Crippen MR) is 87.9 cm³/mol. The van der Waals surface area contributed by atoms with Crippen molar-refractivity contribution in [2.45, 2.75) is 25.7 Å². The van der Waals surface area contributed by atoms with Gasteiger partial charge in [-0.05, 0) is 18.6 Å². The number of rotatable bonds is 6. The monoisotopic (exact) mass is 317 g/mol. The molecule has 1 aromatic rings. The van der Waals surface area contributed by atoms with Crippen molar-refractivity contribution in [2.75, 3.05) is 26.7 Å². The zero-order valence-electron chi connectivity index (χ0n) is 13.4. The lowest BCUT2D eigenvalue weighted by molar-refractivity contribution is -0.147. The molecule has 0 atom stereocenters. The zero-order chi connectivity index (χ0) is 16.5. The quantitative estimate of drug-likeness (QED) is 0.448. The lowest BCUT2D eigenvalue weighted by atomic mass is 10.1. The van der Waals surface area contributed by atoms with Gasteiger partial charge in [-0.25, -0.2) is 0 Å². The Balaban J connectivity index is 1.68. The predicted octanol–water partition coefficient (Wildman–Crippen LogP) is 0.328. The Labute approximate surface area is 136 Å². The van der Waals surface area contributed by atoms with Gasteiger partial charge in [-0.2, -0.15) is 0 Å². The number of imide groups is 1. The highest BCUT2D eigenvalue weighted by atomic mass is 16.2. The minimum Gasteiger partial charge on any atom is -0.356 e. The maximum atomic E-state index is 11.7. The van der Waals surface area contributed by atoms with Crippen molar-refractivity contribution < 1.29 is 9.59 Å². The fraction of sp³-hybridized carbons (Fsp3) is 0.500. The Morgan fingerprint density at radius 2 is 1.96 bits per heavy atom. The van der Waals surface area contributed by atoms with Crippen LogP contribution >= 0.6 is 0 Å². The number of likely N-dealkylation sites (tertiary alicyclic amines) is 1. The van der Waals surface area contributed by atoms with Crippen LogP contribution in [-0.2, 0) is 16.0 Å². The minimum atomic E-state index is -0.0823. The molecule has 23 heavy (non-hydrogen) atoms. The molecule has 0 bridgehead atoms. The number of hydrogen-bond acceptors (Lipinski definition) is 4. The van der Waals surface area contributed by atoms with Crippen molar-refractivity contribution in [1.29, 1.82) is 0 Å². The number of nitrogens with one attached hydrogen (secondary N) is 2. The number of amides is 2. The van der Waals surface area contributed by atoms with Crippen molar-refractivity contribution in [3.05, 3.63) is 30.1 Å². The normalized spacial score (nSPS) is 15.7. The number of piperidine rings is 1. The summed E-state index contributed by atoms with van der Waals surface area (Å²) in [7, 11) is 1.69. The summed E-state index contributed by atoms with van der Waals surface area (Å²) in [4.78, 5) is 33.1. The third-order valence-electron chi connectivity index (χ3n) is 3.63. The first kappa shape index (κ1) is 16.9. The van der Waals surface area contributed by atoms with E-state index in [1.54, 1.807) is 13.2 Å². The van der Waals surface area contributed by atoms with E-state index in [1.165, 1.54) is 4.90 Å². The second kappa shape index (κ2) is 8.87. The second-order valence-electron chi connectivity index (χ2n) is 5.29. The molecule has 124 valence electrons. The van der Waals surface area contributed by atoms with Crippen LogP contribution < -0.4 is 10.6 Å². The molecule has 1 fully saturated rings. The van der Waals surface area contributed by atoms with Gasteiger partial charge < -0.3 is 10.6 Å². The molecule has 7 nitrogen and oxygen atoms in total. The van der Waals surface area contributed by atoms with Gasteiger partial charge in [0.05, 0.1) is 0 Å². The lowest BCUT2D eigenvalue weighted by Crippen LogP contribution is -2.46. The number of guanidine groups is 1. The van der Waals surface area contributed by atoms with Crippen LogP contribution in [0.1, 0.15) is 25.0 Å². The van der Waals surface area contributed by atoms with Crippen LogP contribution in [0.4, 0.5) is 0 Å². The van der Waals surface area contributed by atoms with Gasteiger partial charge in [-0.15, -0.1) is 0 Å². The molecule has 2 N–H and O–H groups in total. The molecule has 0 spiro atoms. The summed E-state index contributed by atoms with van der Waals surface area (Å²) in [5.41, 5.74) is 1.01. The van der Waals surface area contributed by atoms with Gasteiger partial charge in [0, 0.05) is 57.8 Å². The molecular formula is C16H23N5O2. The minimum absolute atomic E-state index is 0.0823. The molecule has 0 unspecified atom stereocenters. The van der Waals surface area contributed by atoms with E-state index in [9.17, 15) is 9.59 Å². The van der Waals surface area contributed by atoms with E-state index in [-0.39, 0.29) is 11.8 Å². The van der Waals surface area contributed by atoms with Gasteiger partial charge in [0.1, 0.15) is 0 Å². The van der Waals surface area contributed by atoms with E-state index in [1.807, 2.05) is 18.2 Å². The average molecular weight is 317 g/mol. The van der Waals surface area contributed by atoms with Crippen LogP contribution in [0.5, 0.6) is 0 Å². The number of pyridine rings is 1. The molecule has 2 rings (SSSR count). The average Bonchev–Trinajstić information content (AvgIpc) is 2.57. The summed E-state index contributed by atoms with van der Waals surface area (Å²) >= 11 is 0. The van der Waals surface area contributed by atoms with E-state index in [0.29, 0.717) is 44.9 Å². The van der Waals surface area contributed by atoms with E-state index < -0.39 is 0 Å². The molecule has 0 saturated carbocycles. The molecule has 1 aliphatic rings. The SMILES string of the molecule is CN=C(NCCc1ccccn1)NCCN1C(=O)CCCC1=O. The van der Waals surface area contributed by atoms with Gasteiger partial charge in [0.2, 0.25) is 11.8 Å². The van der Waals surface area contributed by atoms with Crippen molar-refractivity contribution in [3.63, 3.8) is 0 Å². The number of carbonyl (C=O) groups is 2. The Morgan fingerprint density at radius 3 is 2.61 bits per heavy atom. The van der Waals surface area contributed by atoms with E-state index in [4.69, 9.17) is 0 Å². The summed E-state index contributed by atoms with van der Waals surface area (Å²) in [6.07, 6.45) is 4.16. The Hall–Kier alpha value is -2.44. The van der Waals surface area contributed by atoms with Gasteiger partial charge in [-0.3, -0.25) is 24.5 Å². The van der Waals surface area contributed by atoms with Crippen LogP contribution in [0.25, 0.3) is 0 Å². The smallest absolute Gasteiger partial charge is 0.229 e. The molecule has 1 aromatic heterocycles. The summed E-state index contributed by atoms with van der Waals surface area (Å²) < 4.78 is 0. The highest BCUT2D eigenvalue weighted by molar-refractivity contribution is 5.97. The molecule has 0 aromatic carbocycles. The molecule has 1 aliphatic heterocycles. The highest BCUT2D eigenvalue weighted by Gasteiger charge is 2.25. The van der Waals surface area contributed by atoms with Crippen molar-refractivity contribution in [2.24, 2.45) is 4.99 Å². The van der Waals surface area contributed by atoms with Crippen LogP contribution in [0.2, 0.25) is 0 Å². The van der Waals surface area contributed by atoms with Crippen LogP contribution in [-0.4, -0.2) is 54.3 Å². The van der Waals surface area contributed by atoms with Gasteiger partial charge in [-0.1, -0.05) is 6.07 Å². The Bertz CT molecular complexity index is 543. The number of aliphatic imine (C=N–C) groups is 1. The van der Waals surface area contributed by atoms with Crippen LogP contribution in [0, 0.1) is 0 Å². The van der Waals surface area contributed by atoms with Crippen LogP contribution in [0.15, 0.2) is 29.4 Å². The fourth-order valence-electron chi connectivity index (χ4n) is 2.41. The van der Waals surface area contributed by atoms with Crippen LogP contribution in [0.3, 0.4) is 0 Å². The zero-order valence-corrected chi connectivity index (χ0v) is 13.4. The third kappa shape index (κ3) is 5.36. The summed E-state index contributed by atoms with van der Waals surface area (Å²) in [6.45, 7) is 1.57. The molecule has 0 radical (unpaired) electrons. The third-order valence-corrected chi connectivity index (χ3v) is 3.63. The Kier molecular flexibility index (Phi) is 6.53. The van der Waals surface area contributed by atoms with Crippen molar-refractivity contribution in [3.8, 4) is 0 Å². The molecule has 1 saturated heterocycles. The summed E-state index contributed by atoms with van der Waals surface area (Å²) in [5.74, 6) is 0.486. The lowest BCUT2D eigenvalue weighted by Gasteiger charge is -2.25. The van der Waals surface area contributed by atoms with Gasteiger partial charge >= 0.3 is 0 Å². The second-order valence-corrected chi connectivity index (χ2v) is 5.29. The largest absolute Gasteiger partial charge is 0.356 e. The molecular weight excluding hydrogens is 294 g/mol. The van der Waals surface area contributed by atoms with E-state index in [2.05, 4.69) is 20.6 Å². The number of carbonyl (C=O) groups excluding carboxylic acids is 2. The van der Waals surface area contributed by atoms with Gasteiger partial charge in [0.15, 0.2) is 5.96 Å². The number of aromatic nitrogens is 1. The van der Waals surface area contributed by atoms with Crippen molar-refractivity contribution in [1.82, 2.24) is 20.5 Å². The topological polar surface area (TPSA) is 86.7 Å². The molecule has 7 heteroatoms. The first-order chi connectivity index (χ1) is 11.2. The van der Waals surface area contributed by atoms with E-state index >= 15 is 0 Å². The van der Waals surface area contributed by atoms with Crippen molar-refractivity contribution >= 4 is 17.8 Å². The summed E-state index contributed by atoms with van der Waals surface area (Å²) in [6, 6.07) is 5.83. The van der Waals surface area contributed by atoms with E-state index in [0.717, 1.165) is 12.1 Å².